The van der Waals surface area contributed by atoms with Gasteiger partial charge in [0, 0.05) is 13.1 Å². The largest absolute Gasteiger partial charge is 0.478 e. The van der Waals surface area contributed by atoms with E-state index in [-0.39, 0.29) is 0 Å². The molecule has 3 nitrogen and oxygen atoms in total. The molecule has 0 bridgehead atoms. The lowest BCUT2D eigenvalue weighted by Crippen LogP contribution is -2.33. The Labute approximate surface area is 115 Å². The highest BCUT2D eigenvalue weighted by Gasteiger charge is 2.19. The molecule has 1 heterocycles. The van der Waals surface area contributed by atoms with E-state index in [4.69, 9.17) is 5.11 Å². The number of carboxylic acids is 1. The maximum atomic E-state index is 11.0. The first kappa shape index (κ1) is 14.1. The molecule has 0 spiro atoms. The van der Waals surface area contributed by atoms with Crippen LogP contribution in [0.25, 0.3) is 0 Å². The van der Waals surface area contributed by atoms with Gasteiger partial charge in [-0.3, -0.25) is 4.90 Å². The van der Waals surface area contributed by atoms with Gasteiger partial charge in [-0.1, -0.05) is 26.8 Å². The Kier molecular flexibility index (Phi) is 3.95. The normalized spacial score (nSPS) is 16.2. The van der Waals surface area contributed by atoms with E-state index in [1.54, 1.807) is 6.07 Å². The lowest BCUT2D eigenvalue weighted by atomic mass is 9.91. The summed E-state index contributed by atoms with van der Waals surface area (Å²) in [6.07, 6.45) is 2.19. The van der Waals surface area contributed by atoms with E-state index in [2.05, 4.69) is 25.7 Å². The van der Waals surface area contributed by atoms with Gasteiger partial charge in [0.1, 0.15) is 0 Å². The van der Waals surface area contributed by atoms with Crippen LogP contribution in [0.15, 0.2) is 18.2 Å². The third kappa shape index (κ3) is 3.80. The minimum Gasteiger partial charge on any atom is -0.478 e. The molecule has 0 amide bonds. The van der Waals surface area contributed by atoms with E-state index in [1.807, 2.05) is 12.1 Å². The van der Waals surface area contributed by atoms with Crippen molar-refractivity contribution in [2.45, 2.75) is 40.2 Å². The number of rotatable bonds is 3. The molecular formula is C16H23NO2. The number of fused-ring (bicyclic) bond motifs is 1. The Hall–Kier alpha value is -1.35. The lowest BCUT2D eigenvalue weighted by Gasteiger charge is -2.31. The predicted octanol–water partition coefficient (Wildman–Crippen LogP) is 3.18. The number of benzene rings is 1. The zero-order valence-electron chi connectivity index (χ0n) is 12.1. The predicted molar refractivity (Wildman–Crippen MR) is 76.5 cm³/mol. The van der Waals surface area contributed by atoms with Crippen molar-refractivity contribution >= 4 is 5.97 Å². The van der Waals surface area contributed by atoms with Crippen LogP contribution in [-0.4, -0.2) is 29.1 Å². The van der Waals surface area contributed by atoms with Crippen molar-refractivity contribution < 1.29 is 9.90 Å². The molecule has 1 N–H and O–H groups in total. The van der Waals surface area contributed by atoms with E-state index in [9.17, 15) is 4.79 Å². The van der Waals surface area contributed by atoms with Gasteiger partial charge < -0.3 is 5.11 Å². The molecule has 0 fully saturated rings. The molecular weight excluding hydrogens is 238 g/mol. The summed E-state index contributed by atoms with van der Waals surface area (Å²) in [5, 5.41) is 9.05. The van der Waals surface area contributed by atoms with Crippen molar-refractivity contribution in [2.75, 3.05) is 13.1 Å². The van der Waals surface area contributed by atoms with E-state index in [0.29, 0.717) is 11.0 Å². The van der Waals surface area contributed by atoms with Crippen molar-refractivity contribution in [1.82, 2.24) is 4.90 Å². The summed E-state index contributed by atoms with van der Waals surface area (Å²) in [4.78, 5) is 13.4. The Morgan fingerprint density at radius 3 is 2.68 bits per heavy atom. The van der Waals surface area contributed by atoms with Crippen LogP contribution in [0.5, 0.6) is 0 Å². The zero-order valence-corrected chi connectivity index (χ0v) is 12.1. The first-order chi connectivity index (χ1) is 8.85. The molecule has 19 heavy (non-hydrogen) atoms. The van der Waals surface area contributed by atoms with Gasteiger partial charge >= 0.3 is 5.97 Å². The molecule has 0 atom stereocenters. The first-order valence-electron chi connectivity index (χ1n) is 6.93. The molecule has 0 aromatic heterocycles. The highest BCUT2D eigenvalue weighted by molar-refractivity contribution is 5.87. The van der Waals surface area contributed by atoms with Crippen LogP contribution >= 0.6 is 0 Å². The fourth-order valence-corrected chi connectivity index (χ4v) is 2.43. The minimum atomic E-state index is -0.838. The van der Waals surface area contributed by atoms with E-state index in [0.717, 1.165) is 26.1 Å². The summed E-state index contributed by atoms with van der Waals surface area (Å²) in [7, 11) is 0. The molecule has 0 unspecified atom stereocenters. The second-order valence-electron chi connectivity index (χ2n) is 6.63. The monoisotopic (exact) mass is 261 g/mol. The molecule has 2 rings (SSSR count). The van der Waals surface area contributed by atoms with Gasteiger partial charge in [-0.05, 0) is 48.1 Å². The smallest absolute Gasteiger partial charge is 0.335 e. The second kappa shape index (κ2) is 5.33. The third-order valence-corrected chi connectivity index (χ3v) is 3.72. The van der Waals surface area contributed by atoms with Crippen LogP contribution in [0.4, 0.5) is 0 Å². The maximum absolute atomic E-state index is 11.0. The Morgan fingerprint density at radius 1 is 1.32 bits per heavy atom. The van der Waals surface area contributed by atoms with E-state index < -0.39 is 5.97 Å². The molecule has 0 aliphatic carbocycles. The Morgan fingerprint density at radius 2 is 2.05 bits per heavy atom. The second-order valence-corrected chi connectivity index (χ2v) is 6.63. The summed E-state index contributed by atoms with van der Waals surface area (Å²) in [6.45, 7) is 9.82. The summed E-state index contributed by atoms with van der Waals surface area (Å²) >= 11 is 0. The molecule has 0 saturated heterocycles. The summed E-state index contributed by atoms with van der Waals surface area (Å²) in [5.41, 5.74) is 3.23. The maximum Gasteiger partial charge on any atom is 0.335 e. The van der Waals surface area contributed by atoms with E-state index in [1.165, 1.54) is 17.5 Å². The molecule has 3 heteroatoms. The van der Waals surface area contributed by atoms with Crippen molar-refractivity contribution in [3.05, 3.63) is 34.9 Å². The fraction of sp³-hybridized carbons (Fsp3) is 0.562. The summed E-state index contributed by atoms with van der Waals surface area (Å²) < 4.78 is 0. The van der Waals surface area contributed by atoms with Crippen LogP contribution in [0.2, 0.25) is 0 Å². The van der Waals surface area contributed by atoms with Gasteiger partial charge in [-0.15, -0.1) is 0 Å². The fourth-order valence-electron chi connectivity index (χ4n) is 2.43. The molecule has 1 aliphatic rings. The number of carboxylic acid groups (broad SMARTS) is 1. The van der Waals surface area contributed by atoms with Gasteiger partial charge in [0.2, 0.25) is 0 Å². The SMILES string of the molecule is CC(C)(C)CCN1CCc2ccc(C(=O)O)cc2C1. The van der Waals surface area contributed by atoms with Gasteiger partial charge in [0.05, 0.1) is 5.56 Å². The van der Waals surface area contributed by atoms with Crippen LogP contribution < -0.4 is 0 Å². The van der Waals surface area contributed by atoms with Crippen LogP contribution in [-0.2, 0) is 13.0 Å². The summed E-state index contributed by atoms with van der Waals surface area (Å²) in [6, 6.07) is 5.52. The molecule has 1 aliphatic heterocycles. The van der Waals surface area contributed by atoms with Crippen LogP contribution in [0.3, 0.4) is 0 Å². The minimum absolute atomic E-state index is 0.350. The van der Waals surface area contributed by atoms with Crippen molar-refractivity contribution in [3.63, 3.8) is 0 Å². The van der Waals surface area contributed by atoms with E-state index >= 15 is 0 Å². The van der Waals surface area contributed by atoms with Crippen LogP contribution in [0, 0.1) is 5.41 Å². The number of nitrogens with zero attached hydrogens (tertiary/aromatic N) is 1. The molecule has 1 aromatic rings. The number of hydrogen-bond donors (Lipinski definition) is 1. The van der Waals surface area contributed by atoms with Crippen LogP contribution in [0.1, 0.15) is 48.7 Å². The Balaban J connectivity index is 2.05. The van der Waals surface area contributed by atoms with Gasteiger partial charge in [0.25, 0.3) is 0 Å². The quantitative estimate of drug-likeness (QED) is 0.908. The van der Waals surface area contributed by atoms with Gasteiger partial charge in [-0.25, -0.2) is 4.79 Å². The molecule has 1 aromatic carbocycles. The standard InChI is InChI=1S/C16H23NO2/c1-16(2,3)7-9-17-8-6-12-4-5-13(15(18)19)10-14(12)11-17/h4-5,10H,6-9,11H2,1-3H3,(H,18,19). The average molecular weight is 261 g/mol. The van der Waals surface area contributed by atoms with Crippen molar-refractivity contribution in [1.29, 1.82) is 0 Å². The van der Waals surface area contributed by atoms with Gasteiger partial charge in [-0.2, -0.15) is 0 Å². The highest BCUT2D eigenvalue weighted by Crippen LogP contribution is 2.24. The van der Waals surface area contributed by atoms with Crippen molar-refractivity contribution in [2.24, 2.45) is 5.41 Å². The van der Waals surface area contributed by atoms with Gasteiger partial charge in [0.15, 0.2) is 0 Å². The highest BCUT2D eigenvalue weighted by atomic mass is 16.4. The van der Waals surface area contributed by atoms with Crippen molar-refractivity contribution in [3.8, 4) is 0 Å². The number of carbonyl (C=O) groups is 1. The Bertz CT molecular complexity index is 474. The summed E-state index contributed by atoms with van der Waals surface area (Å²) in [5.74, 6) is -0.838. The third-order valence-electron chi connectivity index (χ3n) is 3.72. The molecule has 0 saturated carbocycles. The average Bonchev–Trinajstić information content (AvgIpc) is 2.34. The lowest BCUT2D eigenvalue weighted by molar-refractivity contribution is 0.0696. The molecule has 0 radical (unpaired) electrons. The zero-order chi connectivity index (χ0) is 14.0. The molecule has 104 valence electrons. The number of aromatic carboxylic acids is 1. The topological polar surface area (TPSA) is 40.5 Å². The number of hydrogen-bond acceptors (Lipinski definition) is 2. The first-order valence-corrected chi connectivity index (χ1v) is 6.93.